The molecule has 126 valence electrons. The average molecular weight is 333 g/mol. The van der Waals surface area contributed by atoms with Crippen LogP contribution in [0.15, 0.2) is 60.7 Å². The van der Waals surface area contributed by atoms with Crippen molar-refractivity contribution in [3.8, 4) is 11.3 Å². The Bertz CT molecular complexity index is 873. The van der Waals surface area contributed by atoms with Crippen molar-refractivity contribution in [2.75, 3.05) is 6.54 Å². The molecule has 1 atom stereocenters. The first-order valence-corrected chi connectivity index (χ1v) is 8.37. The molecular weight excluding hydrogens is 314 g/mol. The van der Waals surface area contributed by atoms with Crippen LogP contribution in [0.25, 0.3) is 11.3 Å². The number of carbonyl (C=O) groups is 1. The van der Waals surface area contributed by atoms with Crippen LogP contribution < -0.4 is 5.32 Å². The zero-order valence-corrected chi connectivity index (χ0v) is 13.7. The van der Waals surface area contributed by atoms with Gasteiger partial charge in [-0.2, -0.15) is 5.10 Å². The minimum absolute atomic E-state index is 0.00429. The van der Waals surface area contributed by atoms with E-state index in [1.54, 1.807) is 6.07 Å². The monoisotopic (exact) mass is 333 g/mol. The number of H-pyrrole nitrogens is 1. The second kappa shape index (κ2) is 6.91. The summed E-state index contributed by atoms with van der Waals surface area (Å²) in [6, 6.07) is 19.8. The molecule has 1 amide bonds. The Morgan fingerprint density at radius 3 is 2.72 bits per heavy atom. The van der Waals surface area contributed by atoms with Gasteiger partial charge in [0.1, 0.15) is 5.69 Å². The minimum atomic E-state index is -0.169. The van der Waals surface area contributed by atoms with Crippen LogP contribution in [0, 0.1) is 0 Å². The predicted molar refractivity (Wildman–Crippen MR) is 95.1 cm³/mol. The highest BCUT2D eigenvalue weighted by molar-refractivity contribution is 5.93. The molecule has 0 bridgehead atoms. The van der Waals surface area contributed by atoms with Crippen LogP contribution in [0.5, 0.6) is 0 Å². The van der Waals surface area contributed by atoms with Crippen LogP contribution in [-0.2, 0) is 17.8 Å². The molecule has 0 radical (unpaired) electrons. The number of benzene rings is 2. The normalized spacial score (nSPS) is 16.2. The first kappa shape index (κ1) is 15.6. The molecule has 4 rings (SSSR count). The number of carbonyl (C=O) groups excluding carboxylic acids is 1. The van der Waals surface area contributed by atoms with E-state index in [1.165, 1.54) is 11.1 Å². The van der Waals surface area contributed by atoms with Gasteiger partial charge in [0.25, 0.3) is 5.91 Å². The van der Waals surface area contributed by atoms with Crippen molar-refractivity contribution in [3.05, 3.63) is 77.5 Å². The van der Waals surface area contributed by atoms with Crippen LogP contribution in [0.3, 0.4) is 0 Å². The Balaban J connectivity index is 1.36. The summed E-state index contributed by atoms with van der Waals surface area (Å²) in [6.07, 6.45) is 0.810. The van der Waals surface area contributed by atoms with Gasteiger partial charge in [-0.25, -0.2) is 0 Å². The second-order valence-corrected chi connectivity index (χ2v) is 6.15. The Morgan fingerprint density at radius 2 is 1.88 bits per heavy atom. The van der Waals surface area contributed by atoms with Gasteiger partial charge in [-0.3, -0.25) is 9.89 Å². The van der Waals surface area contributed by atoms with Crippen molar-refractivity contribution < 1.29 is 9.53 Å². The molecule has 2 heterocycles. The zero-order chi connectivity index (χ0) is 17.1. The number of hydrogen-bond acceptors (Lipinski definition) is 3. The fourth-order valence-corrected chi connectivity index (χ4v) is 3.04. The highest BCUT2D eigenvalue weighted by Gasteiger charge is 2.20. The van der Waals surface area contributed by atoms with Crippen molar-refractivity contribution in [1.29, 1.82) is 0 Å². The molecule has 1 unspecified atom stereocenters. The summed E-state index contributed by atoms with van der Waals surface area (Å²) in [4.78, 5) is 12.3. The fraction of sp³-hybridized carbons (Fsp3) is 0.200. The molecular formula is C20H19N3O2. The Hall–Kier alpha value is -2.92. The maximum Gasteiger partial charge on any atom is 0.269 e. The molecule has 0 spiro atoms. The summed E-state index contributed by atoms with van der Waals surface area (Å²) in [7, 11) is 0. The van der Waals surface area contributed by atoms with E-state index in [0.29, 0.717) is 18.8 Å². The molecule has 1 aliphatic rings. The van der Waals surface area contributed by atoms with E-state index >= 15 is 0 Å². The third-order valence-electron chi connectivity index (χ3n) is 4.42. The maximum absolute atomic E-state index is 12.3. The number of hydrogen-bond donors (Lipinski definition) is 2. The number of ether oxygens (including phenoxy) is 1. The third-order valence-corrected chi connectivity index (χ3v) is 4.42. The fourth-order valence-electron chi connectivity index (χ4n) is 3.04. The number of nitrogens with zero attached hydrogens (tertiary/aromatic N) is 1. The van der Waals surface area contributed by atoms with Crippen molar-refractivity contribution in [3.63, 3.8) is 0 Å². The van der Waals surface area contributed by atoms with E-state index in [2.05, 4.69) is 27.6 Å². The lowest BCUT2D eigenvalue weighted by Crippen LogP contribution is -2.36. The van der Waals surface area contributed by atoms with Gasteiger partial charge in [-0.1, -0.05) is 54.6 Å². The Morgan fingerprint density at radius 1 is 1.12 bits per heavy atom. The molecule has 0 aliphatic carbocycles. The van der Waals surface area contributed by atoms with Crippen molar-refractivity contribution in [2.45, 2.75) is 19.1 Å². The van der Waals surface area contributed by atoms with Gasteiger partial charge in [0.05, 0.1) is 18.4 Å². The quantitative estimate of drug-likeness (QED) is 0.771. The van der Waals surface area contributed by atoms with Crippen LogP contribution in [-0.4, -0.2) is 28.8 Å². The van der Waals surface area contributed by atoms with Gasteiger partial charge < -0.3 is 10.1 Å². The third kappa shape index (κ3) is 3.46. The molecule has 5 heteroatoms. The van der Waals surface area contributed by atoms with Gasteiger partial charge in [-0.05, 0) is 17.2 Å². The van der Waals surface area contributed by atoms with E-state index in [0.717, 1.165) is 17.7 Å². The molecule has 3 aromatic rings. The summed E-state index contributed by atoms with van der Waals surface area (Å²) in [5.41, 5.74) is 4.71. The molecule has 2 N–H and O–H groups in total. The van der Waals surface area contributed by atoms with E-state index in [-0.39, 0.29) is 12.0 Å². The van der Waals surface area contributed by atoms with E-state index in [9.17, 15) is 4.79 Å². The standard InChI is InChI=1S/C20H19N3O2/c24-20(19-11-18(22-23-19)14-6-2-1-3-7-14)21-12-17-10-15-8-4-5-9-16(15)13-25-17/h1-9,11,17H,10,12-13H2,(H,21,24)(H,22,23). The lowest BCUT2D eigenvalue weighted by Gasteiger charge is -2.25. The van der Waals surface area contributed by atoms with Crippen molar-refractivity contribution in [2.24, 2.45) is 0 Å². The number of fused-ring (bicyclic) bond motifs is 1. The van der Waals surface area contributed by atoms with Crippen LogP contribution in [0.4, 0.5) is 0 Å². The van der Waals surface area contributed by atoms with Gasteiger partial charge in [0.15, 0.2) is 0 Å². The van der Waals surface area contributed by atoms with Crippen LogP contribution >= 0.6 is 0 Å². The number of aromatic nitrogens is 2. The van der Waals surface area contributed by atoms with E-state index in [4.69, 9.17) is 4.74 Å². The summed E-state index contributed by atoms with van der Waals surface area (Å²) in [6.45, 7) is 1.08. The largest absolute Gasteiger partial charge is 0.371 e. The lowest BCUT2D eigenvalue weighted by atomic mass is 9.99. The van der Waals surface area contributed by atoms with Crippen LogP contribution in [0.1, 0.15) is 21.6 Å². The summed E-state index contributed by atoms with van der Waals surface area (Å²) >= 11 is 0. The van der Waals surface area contributed by atoms with Gasteiger partial charge >= 0.3 is 0 Å². The first-order chi connectivity index (χ1) is 12.3. The molecule has 0 saturated carbocycles. The molecule has 0 saturated heterocycles. The molecule has 1 aliphatic heterocycles. The number of nitrogens with one attached hydrogen (secondary N) is 2. The van der Waals surface area contributed by atoms with Gasteiger partial charge in [-0.15, -0.1) is 0 Å². The number of amides is 1. The topological polar surface area (TPSA) is 67.0 Å². The van der Waals surface area contributed by atoms with E-state index < -0.39 is 0 Å². The molecule has 2 aromatic carbocycles. The molecule has 0 fully saturated rings. The molecule has 1 aromatic heterocycles. The van der Waals surface area contributed by atoms with Crippen molar-refractivity contribution in [1.82, 2.24) is 15.5 Å². The van der Waals surface area contributed by atoms with Crippen molar-refractivity contribution >= 4 is 5.91 Å². The smallest absolute Gasteiger partial charge is 0.269 e. The minimum Gasteiger partial charge on any atom is -0.371 e. The summed E-state index contributed by atoms with van der Waals surface area (Å²) in [5.74, 6) is -0.169. The summed E-state index contributed by atoms with van der Waals surface area (Å²) in [5, 5.41) is 9.95. The van der Waals surface area contributed by atoms with E-state index in [1.807, 2.05) is 42.5 Å². The highest BCUT2D eigenvalue weighted by atomic mass is 16.5. The Labute approximate surface area is 146 Å². The second-order valence-electron chi connectivity index (χ2n) is 6.15. The predicted octanol–water partition coefficient (Wildman–Crippen LogP) is 2.95. The SMILES string of the molecule is O=C(NCC1Cc2ccccc2CO1)c1cc(-c2ccccc2)n[nH]1. The average Bonchev–Trinajstić information content (AvgIpc) is 3.17. The van der Waals surface area contributed by atoms with Gasteiger partial charge in [0.2, 0.25) is 0 Å². The zero-order valence-electron chi connectivity index (χ0n) is 13.7. The first-order valence-electron chi connectivity index (χ1n) is 8.37. The molecule has 5 nitrogen and oxygen atoms in total. The highest BCUT2D eigenvalue weighted by Crippen LogP contribution is 2.20. The maximum atomic E-state index is 12.3. The molecule has 25 heavy (non-hydrogen) atoms. The number of aromatic amines is 1. The number of rotatable bonds is 4. The Kier molecular flexibility index (Phi) is 4.31. The lowest BCUT2D eigenvalue weighted by molar-refractivity contribution is 0.0284. The van der Waals surface area contributed by atoms with Crippen LogP contribution in [0.2, 0.25) is 0 Å². The van der Waals surface area contributed by atoms with Gasteiger partial charge in [0, 0.05) is 18.5 Å². The summed E-state index contributed by atoms with van der Waals surface area (Å²) < 4.78 is 5.82.